The number of carbonyl (C=O) groups excluding carboxylic acids is 1. The number of ketones is 1. The van der Waals surface area contributed by atoms with Crippen LogP contribution in [0.3, 0.4) is 0 Å². The Hall–Kier alpha value is -0.420. The molecule has 82 valence electrons. The van der Waals surface area contributed by atoms with E-state index in [9.17, 15) is 4.79 Å². The Balaban J connectivity index is 2.26. The van der Waals surface area contributed by atoms with Crippen LogP contribution in [-0.2, 0) is 9.47 Å². The molecule has 15 heavy (non-hydrogen) atoms. The summed E-state index contributed by atoms with van der Waals surface area (Å²) in [7, 11) is 1.54. The molecule has 1 atom stereocenters. The molecule has 0 spiro atoms. The van der Waals surface area contributed by atoms with Crippen LogP contribution in [0.1, 0.15) is 16.1 Å². The van der Waals surface area contributed by atoms with Gasteiger partial charge in [-0.2, -0.15) is 0 Å². The minimum Gasteiger partial charge on any atom is -0.378 e. The number of thiophene rings is 1. The topological polar surface area (TPSA) is 35.5 Å². The second-order valence-corrected chi connectivity index (χ2v) is 5.15. The number of rotatable bonds is 3. The van der Waals surface area contributed by atoms with Crippen LogP contribution < -0.4 is 0 Å². The number of halogens is 1. The van der Waals surface area contributed by atoms with E-state index in [0.717, 1.165) is 0 Å². The highest BCUT2D eigenvalue weighted by atomic mass is 35.5. The minimum atomic E-state index is -0.797. The lowest BCUT2D eigenvalue weighted by Crippen LogP contribution is -2.40. The predicted molar refractivity (Wildman–Crippen MR) is 58.8 cm³/mol. The van der Waals surface area contributed by atoms with E-state index in [0.29, 0.717) is 28.8 Å². The summed E-state index contributed by atoms with van der Waals surface area (Å²) >= 11 is 7.07. The number of hydrogen-bond donors (Lipinski definition) is 0. The maximum absolute atomic E-state index is 12.2. The molecule has 1 aromatic rings. The van der Waals surface area contributed by atoms with Gasteiger partial charge in [0.05, 0.1) is 22.4 Å². The van der Waals surface area contributed by atoms with Crippen molar-refractivity contribution in [1.82, 2.24) is 0 Å². The summed E-state index contributed by atoms with van der Waals surface area (Å²) in [6.07, 6.45) is 0.609. The molecule has 0 N–H and O–H groups in total. The molecular formula is C10H11ClO3S. The lowest BCUT2D eigenvalue weighted by atomic mass is 9.96. The third kappa shape index (κ3) is 1.95. The lowest BCUT2D eigenvalue weighted by Gasteiger charge is -2.22. The molecule has 1 unspecified atom stereocenters. The van der Waals surface area contributed by atoms with Crippen molar-refractivity contribution >= 4 is 28.7 Å². The number of Topliss-reactive ketones (excluding diaryl/α,β-unsaturated/α-hetero) is 1. The van der Waals surface area contributed by atoms with Crippen molar-refractivity contribution in [1.29, 1.82) is 0 Å². The Labute approximate surface area is 96.9 Å². The number of carbonyl (C=O) groups is 1. The van der Waals surface area contributed by atoms with Crippen molar-refractivity contribution in [2.75, 3.05) is 20.3 Å². The quantitative estimate of drug-likeness (QED) is 0.769. The highest BCUT2D eigenvalue weighted by Gasteiger charge is 2.43. The first-order chi connectivity index (χ1) is 7.18. The van der Waals surface area contributed by atoms with E-state index in [1.807, 2.05) is 0 Å². The van der Waals surface area contributed by atoms with Crippen LogP contribution in [0.15, 0.2) is 12.1 Å². The maximum Gasteiger partial charge on any atom is 0.207 e. The van der Waals surface area contributed by atoms with Crippen LogP contribution in [0.2, 0.25) is 4.34 Å². The second kappa shape index (κ2) is 4.22. The average molecular weight is 247 g/mol. The molecular weight excluding hydrogens is 236 g/mol. The highest BCUT2D eigenvalue weighted by Crippen LogP contribution is 2.31. The van der Waals surface area contributed by atoms with Crippen LogP contribution in [-0.4, -0.2) is 31.7 Å². The van der Waals surface area contributed by atoms with Crippen molar-refractivity contribution < 1.29 is 14.3 Å². The van der Waals surface area contributed by atoms with Crippen molar-refractivity contribution in [3.05, 3.63) is 21.3 Å². The van der Waals surface area contributed by atoms with Gasteiger partial charge in [0.2, 0.25) is 5.78 Å². The van der Waals surface area contributed by atoms with Crippen molar-refractivity contribution in [2.24, 2.45) is 0 Å². The van der Waals surface area contributed by atoms with Crippen molar-refractivity contribution in [3.8, 4) is 0 Å². The smallest absolute Gasteiger partial charge is 0.207 e. The summed E-state index contributed by atoms with van der Waals surface area (Å²) in [5.41, 5.74) is -0.797. The molecule has 1 aliphatic rings. The molecule has 1 aromatic heterocycles. The van der Waals surface area contributed by atoms with E-state index in [4.69, 9.17) is 21.1 Å². The van der Waals surface area contributed by atoms with Gasteiger partial charge in [-0.25, -0.2) is 0 Å². The fourth-order valence-corrected chi connectivity index (χ4v) is 2.71. The first kappa shape index (κ1) is 11.1. The summed E-state index contributed by atoms with van der Waals surface area (Å²) < 4.78 is 11.2. The molecule has 1 aliphatic heterocycles. The van der Waals surface area contributed by atoms with E-state index in [1.165, 1.54) is 11.3 Å². The first-order valence-electron chi connectivity index (χ1n) is 4.61. The number of ether oxygens (including phenoxy) is 2. The van der Waals surface area contributed by atoms with E-state index in [-0.39, 0.29) is 5.78 Å². The van der Waals surface area contributed by atoms with Gasteiger partial charge in [0.15, 0.2) is 5.60 Å². The number of methoxy groups -OCH3 is 1. The monoisotopic (exact) mass is 246 g/mol. The number of hydrogen-bond acceptors (Lipinski definition) is 4. The maximum atomic E-state index is 12.2. The normalized spacial score (nSPS) is 25.7. The average Bonchev–Trinajstić information content (AvgIpc) is 2.86. The van der Waals surface area contributed by atoms with Crippen LogP contribution in [0.4, 0.5) is 0 Å². The third-order valence-corrected chi connectivity index (χ3v) is 3.82. The predicted octanol–water partition coefficient (Wildman–Crippen LogP) is 2.39. The van der Waals surface area contributed by atoms with Crippen LogP contribution in [0.5, 0.6) is 0 Å². The fourth-order valence-electron chi connectivity index (χ4n) is 1.64. The third-order valence-electron chi connectivity index (χ3n) is 2.59. The van der Waals surface area contributed by atoms with Crippen LogP contribution in [0, 0.1) is 0 Å². The molecule has 0 saturated carbocycles. The Kier molecular flexibility index (Phi) is 3.11. The summed E-state index contributed by atoms with van der Waals surface area (Å²) in [5, 5.41) is 0. The molecule has 0 amide bonds. The molecule has 2 rings (SSSR count). The molecule has 0 aliphatic carbocycles. The summed E-state index contributed by atoms with van der Waals surface area (Å²) in [5.74, 6) is -0.0283. The zero-order valence-corrected chi connectivity index (χ0v) is 9.86. The molecule has 3 nitrogen and oxygen atoms in total. The van der Waals surface area contributed by atoms with Crippen molar-refractivity contribution in [3.63, 3.8) is 0 Å². The molecule has 1 fully saturated rings. The van der Waals surface area contributed by atoms with Gasteiger partial charge < -0.3 is 9.47 Å². The van der Waals surface area contributed by atoms with Gasteiger partial charge in [-0.15, -0.1) is 11.3 Å². The summed E-state index contributed by atoms with van der Waals surface area (Å²) in [6, 6.07) is 3.45. The molecule has 2 heterocycles. The van der Waals surface area contributed by atoms with E-state index >= 15 is 0 Å². The zero-order valence-electron chi connectivity index (χ0n) is 8.29. The summed E-state index contributed by atoms with van der Waals surface area (Å²) in [6.45, 7) is 0.899. The largest absolute Gasteiger partial charge is 0.378 e. The SMILES string of the molecule is COC1(C(=O)c2ccc(Cl)s2)CCOC1. The van der Waals surface area contributed by atoms with E-state index in [1.54, 1.807) is 19.2 Å². The second-order valence-electron chi connectivity index (χ2n) is 3.43. The molecule has 0 aromatic carbocycles. The fraction of sp³-hybridized carbons (Fsp3) is 0.500. The van der Waals surface area contributed by atoms with Crippen LogP contribution >= 0.6 is 22.9 Å². The van der Waals surface area contributed by atoms with Gasteiger partial charge in [0, 0.05) is 13.5 Å². The van der Waals surface area contributed by atoms with Gasteiger partial charge in [0.1, 0.15) is 0 Å². The molecule has 5 heteroatoms. The van der Waals surface area contributed by atoms with Gasteiger partial charge >= 0.3 is 0 Å². The highest BCUT2D eigenvalue weighted by molar-refractivity contribution is 7.18. The Bertz CT molecular complexity index is 368. The van der Waals surface area contributed by atoms with Crippen LogP contribution in [0.25, 0.3) is 0 Å². The van der Waals surface area contributed by atoms with Gasteiger partial charge in [-0.1, -0.05) is 11.6 Å². The van der Waals surface area contributed by atoms with E-state index in [2.05, 4.69) is 0 Å². The van der Waals surface area contributed by atoms with Gasteiger partial charge in [-0.05, 0) is 12.1 Å². The Morgan fingerprint density at radius 3 is 2.93 bits per heavy atom. The standard InChI is InChI=1S/C10H11ClO3S/c1-13-10(4-5-14-6-10)9(12)7-2-3-8(11)15-7/h2-3H,4-6H2,1H3. The minimum absolute atomic E-state index is 0.0283. The molecule has 0 radical (unpaired) electrons. The molecule has 1 saturated heterocycles. The molecule has 0 bridgehead atoms. The lowest BCUT2D eigenvalue weighted by molar-refractivity contribution is -0.00306. The van der Waals surface area contributed by atoms with Gasteiger partial charge in [0.25, 0.3) is 0 Å². The Morgan fingerprint density at radius 2 is 2.47 bits per heavy atom. The van der Waals surface area contributed by atoms with E-state index < -0.39 is 5.60 Å². The first-order valence-corrected chi connectivity index (χ1v) is 5.80. The summed E-state index contributed by atoms with van der Waals surface area (Å²) in [4.78, 5) is 12.8. The Morgan fingerprint density at radius 1 is 1.67 bits per heavy atom. The van der Waals surface area contributed by atoms with Gasteiger partial charge in [-0.3, -0.25) is 4.79 Å². The van der Waals surface area contributed by atoms with Crippen molar-refractivity contribution in [2.45, 2.75) is 12.0 Å². The zero-order chi connectivity index (χ0) is 10.9.